The molecule has 35 heavy (non-hydrogen) atoms. The Hall–Kier alpha value is -4.31. The molecule has 4 rings (SSSR count). The third-order valence-corrected chi connectivity index (χ3v) is 6.24. The van der Waals surface area contributed by atoms with Gasteiger partial charge in [0.05, 0.1) is 5.51 Å². The van der Waals surface area contributed by atoms with E-state index < -0.39 is 18.4 Å². The number of carbonyl (C=O) groups excluding carboxylic acids is 2. The maximum atomic E-state index is 13.2. The van der Waals surface area contributed by atoms with Gasteiger partial charge in [-0.05, 0) is 37.1 Å². The van der Waals surface area contributed by atoms with Gasteiger partial charge < -0.3 is 15.8 Å². The van der Waals surface area contributed by atoms with Crippen LogP contribution in [0, 0.1) is 12.3 Å². The fourth-order valence-corrected chi connectivity index (χ4v) is 4.47. The highest BCUT2D eigenvalue weighted by Gasteiger charge is 2.24. The first kappa shape index (κ1) is 23.8. The topological polar surface area (TPSA) is 153 Å². The summed E-state index contributed by atoms with van der Waals surface area (Å²) in [7, 11) is 0. The summed E-state index contributed by atoms with van der Waals surface area (Å²) in [5.41, 5.74) is 11.0. The van der Waals surface area contributed by atoms with E-state index in [-0.39, 0.29) is 23.7 Å². The number of aryl methyl sites for hydroxylation is 2. The van der Waals surface area contributed by atoms with Gasteiger partial charge in [-0.2, -0.15) is 0 Å². The number of amides is 1. The fraction of sp³-hybridized carbons (Fsp3) is 0.160. The number of aromatic amines is 1. The van der Waals surface area contributed by atoms with Gasteiger partial charge in [0.2, 0.25) is 0 Å². The van der Waals surface area contributed by atoms with Crippen LogP contribution < -0.4 is 10.6 Å². The molecule has 0 spiro atoms. The number of thiazole rings is 1. The lowest BCUT2D eigenvalue weighted by atomic mass is 9.99. The van der Waals surface area contributed by atoms with Crippen LogP contribution in [0.4, 0.5) is 5.69 Å². The van der Waals surface area contributed by atoms with Gasteiger partial charge in [-0.25, -0.2) is 4.98 Å². The largest absolute Gasteiger partial charge is 0.480 e. The number of amidine groups is 1. The molecule has 5 N–H and O–H groups in total. The molecule has 0 aliphatic rings. The van der Waals surface area contributed by atoms with Crippen molar-refractivity contribution in [3.8, 4) is 0 Å². The highest BCUT2D eigenvalue weighted by Crippen LogP contribution is 2.29. The maximum Gasteiger partial charge on any atom is 0.323 e. The number of carboxylic acids is 1. The van der Waals surface area contributed by atoms with Crippen molar-refractivity contribution in [3.63, 3.8) is 0 Å². The highest BCUT2D eigenvalue weighted by molar-refractivity contribution is 7.07. The SMILES string of the molecule is Cc1[nH]c2ccc(N(CC(=O)O)C(=O)c3cscn3)cc2c1C(=O)CCc1ccc(C(=N)N)cc1. The number of anilines is 1. The van der Waals surface area contributed by atoms with E-state index in [9.17, 15) is 19.5 Å². The molecule has 178 valence electrons. The van der Waals surface area contributed by atoms with E-state index in [1.807, 2.05) is 19.1 Å². The number of benzene rings is 2. The minimum atomic E-state index is -1.16. The Morgan fingerprint density at radius 3 is 2.54 bits per heavy atom. The Balaban J connectivity index is 1.63. The highest BCUT2D eigenvalue weighted by atomic mass is 32.1. The Morgan fingerprint density at radius 2 is 1.91 bits per heavy atom. The van der Waals surface area contributed by atoms with E-state index in [1.165, 1.54) is 16.8 Å². The van der Waals surface area contributed by atoms with E-state index in [0.29, 0.717) is 34.3 Å². The monoisotopic (exact) mass is 489 g/mol. The van der Waals surface area contributed by atoms with E-state index >= 15 is 0 Å². The van der Waals surface area contributed by atoms with Crippen molar-refractivity contribution in [3.05, 3.63) is 81.4 Å². The molecular weight excluding hydrogens is 466 g/mol. The number of carbonyl (C=O) groups is 3. The van der Waals surface area contributed by atoms with Crippen LogP contribution in [0.1, 0.15) is 44.1 Å². The Bertz CT molecular complexity index is 1420. The van der Waals surface area contributed by atoms with Crippen molar-refractivity contribution in [2.75, 3.05) is 11.4 Å². The molecule has 0 aliphatic carbocycles. The standard InChI is InChI=1S/C25H23N5O4S/c1-14-23(21(31)9-4-15-2-5-16(6-3-15)24(26)27)18-10-17(7-8-19(18)29-14)30(11-22(32)33)25(34)20-12-35-13-28-20/h2-3,5-8,10,12-13,29H,4,9,11H2,1H3,(H3,26,27)(H,32,33). The summed E-state index contributed by atoms with van der Waals surface area (Å²) in [6.45, 7) is 1.27. The second-order valence-electron chi connectivity index (χ2n) is 8.05. The molecule has 0 bridgehead atoms. The Labute approximate surface area is 204 Å². The molecule has 0 aliphatic heterocycles. The normalized spacial score (nSPS) is 10.9. The van der Waals surface area contributed by atoms with Crippen molar-refractivity contribution >= 4 is 51.4 Å². The zero-order valence-electron chi connectivity index (χ0n) is 18.9. The lowest BCUT2D eigenvalue weighted by Crippen LogP contribution is -2.35. The van der Waals surface area contributed by atoms with Gasteiger partial charge in [0.15, 0.2) is 5.78 Å². The van der Waals surface area contributed by atoms with Gasteiger partial charge in [0, 0.05) is 45.2 Å². The first-order chi connectivity index (χ1) is 16.7. The van der Waals surface area contributed by atoms with Crippen LogP contribution >= 0.6 is 11.3 Å². The molecule has 4 aromatic rings. The van der Waals surface area contributed by atoms with Crippen molar-refractivity contribution in [2.45, 2.75) is 19.8 Å². The van der Waals surface area contributed by atoms with Gasteiger partial charge in [-0.3, -0.25) is 24.7 Å². The Kier molecular flexibility index (Phi) is 6.74. The van der Waals surface area contributed by atoms with E-state index in [1.54, 1.807) is 35.7 Å². The average molecular weight is 490 g/mol. The van der Waals surface area contributed by atoms with Crippen LogP contribution in [-0.4, -0.2) is 45.1 Å². The average Bonchev–Trinajstić information content (AvgIpc) is 3.48. The molecule has 0 atom stereocenters. The first-order valence-corrected chi connectivity index (χ1v) is 11.7. The number of carboxylic acid groups (broad SMARTS) is 1. The predicted octanol–water partition coefficient (Wildman–Crippen LogP) is 3.76. The van der Waals surface area contributed by atoms with E-state index in [0.717, 1.165) is 16.0 Å². The number of ketones is 1. The second kappa shape index (κ2) is 9.90. The van der Waals surface area contributed by atoms with Crippen LogP contribution in [0.25, 0.3) is 10.9 Å². The quantitative estimate of drug-likeness (QED) is 0.159. The Morgan fingerprint density at radius 1 is 1.17 bits per heavy atom. The molecule has 10 heteroatoms. The van der Waals surface area contributed by atoms with E-state index in [2.05, 4.69) is 9.97 Å². The molecule has 1 amide bonds. The minimum Gasteiger partial charge on any atom is -0.480 e. The number of rotatable bonds is 9. The summed E-state index contributed by atoms with van der Waals surface area (Å²) >= 11 is 1.24. The summed E-state index contributed by atoms with van der Waals surface area (Å²) in [6, 6.07) is 12.2. The van der Waals surface area contributed by atoms with Crippen LogP contribution in [0.15, 0.2) is 53.4 Å². The predicted molar refractivity (Wildman–Crippen MR) is 135 cm³/mol. The molecule has 2 heterocycles. The smallest absolute Gasteiger partial charge is 0.323 e. The van der Waals surface area contributed by atoms with Crippen molar-refractivity contribution in [2.24, 2.45) is 5.73 Å². The number of nitrogen functional groups attached to an aromatic ring is 1. The first-order valence-electron chi connectivity index (χ1n) is 10.8. The summed E-state index contributed by atoms with van der Waals surface area (Å²) < 4.78 is 0. The molecule has 2 aromatic carbocycles. The molecule has 0 saturated heterocycles. The van der Waals surface area contributed by atoms with Crippen LogP contribution in [0.2, 0.25) is 0 Å². The molecule has 0 saturated carbocycles. The molecular formula is C25H23N5O4S. The van der Waals surface area contributed by atoms with Gasteiger partial charge in [0.1, 0.15) is 18.1 Å². The van der Waals surface area contributed by atoms with E-state index in [4.69, 9.17) is 11.1 Å². The summed E-state index contributed by atoms with van der Waals surface area (Å²) in [5, 5.41) is 19.1. The van der Waals surface area contributed by atoms with Gasteiger partial charge >= 0.3 is 5.97 Å². The van der Waals surface area contributed by atoms with Crippen molar-refractivity contribution < 1.29 is 19.5 Å². The number of H-pyrrole nitrogens is 1. The number of hydrogen-bond donors (Lipinski definition) is 4. The molecule has 9 nitrogen and oxygen atoms in total. The van der Waals surface area contributed by atoms with Crippen LogP contribution in [0.5, 0.6) is 0 Å². The van der Waals surface area contributed by atoms with Crippen LogP contribution in [0.3, 0.4) is 0 Å². The zero-order valence-corrected chi connectivity index (χ0v) is 19.7. The number of aromatic nitrogens is 2. The number of Topliss-reactive ketones (excluding diaryl/α,β-unsaturated/α-hetero) is 1. The van der Waals surface area contributed by atoms with Gasteiger partial charge in [-0.1, -0.05) is 24.3 Å². The van der Waals surface area contributed by atoms with Crippen molar-refractivity contribution in [1.29, 1.82) is 5.41 Å². The number of nitrogens with zero attached hydrogens (tertiary/aromatic N) is 2. The molecule has 0 radical (unpaired) electrons. The summed E-state index contributed by atoms with van der Waals surface area (Å²) in [6.07, 6.45) is 0.768. The number of aliphatic carboxylic acids is 1. The van der Waals surface area contributed by atoms with Crippen LogP contribution in [-0.2, 0) is 11.2 Å². The molecule has 0 fully saturated rings. The van der Waals surface area contributed by atoms with Gasteiger partial charge in [-0.15, -0.1) is 11.3 Å². The number of nitrogens with two attached hydrogens (primary N) is 1. The maximum absolute atomic E-state index is 13.2. The summed E-state index contributed by atoms with van der Waals surface area (Å²) in [4.78, 5) is 46.0. The lowest BCUT2D eigenvalue weighted by Gasteiger charge is -2.20. The molecule has 2 aromatic heterocycles. The lowest BCUT2D eigenvalue weighted by molar-refractivity contribution is -0.135. The number of hydrogen-bond acceptors (Lipinski definition) is 6. The third-order valence-electron chi connectivity index (χ3n) is 5.66. The minimum absolute atomic E-state index is 0.0111. The van der Waals surface area contributed by atoms with Gasteiger partial charge in [0.25, 0.3) is 5.91 Å². The van der Waals surface area contributed by atoms with Crippen molar-refractivity contribution in [1.82, 2.24) is 9.97 Å². The summed E-state index contributed by atoms with van der Waals surface area (Å²) in [5.74, 6) is -1.77. The number of nitrogens with one attached hydrogen (secondary N) is 2. The fourth-order valence-electron chi connectivity index (χ4n) is 3.95. The zero-order chi connectivity index (χ0) is 25.1. The third kappa shape index (κ3) is 5.12. The number of fused-ring (bicyclic) bond motifs is 1. The molecule has 0 unspecified atom stereocenters. The second-order valence-corrected chi connectivity index (χ2v) is 8.77.